The number of hydrogen-bond acceptors (Lipinski definition) is 20. The van der Waals surface area contributed by atoms with Gasteiger partial charge < -0.3 is 50.8 Å². The van der Waals surface area contributed by atoms with Crippen LogP contribution < -0.4 is 22.5 Å². The highest BCUT2D eigenvalue weighted by Gasteiger charge is 2.50. The van der Waals surface area contributed by atoms with Gasteiger partial charge in [0, 0.05) is 23.1 Å². The van der Waals surface area contributed by atoms with Crippen LogP contribution in [0.3, 0.4) is 0 Å². The normalized spacial score (nSPS) is 26.6. The maximum absolute atomic E-state index is 13.4. The molecule has 0 radical (unpaired) electrons. The number of aliphatic hydroxyl groups is 1. The van der Waals surface area contributed by atoms with Crippen LogP contribution in [0.15, 0.2) is 29.7 Å². The molecule has 5 rings (SSSR count). The van der Waals surface area contributed by atoms with E-state index in [0.717, 1.165) is 4.57 Å². The maximum Gasteiger partial charge on any atom is 0.472 e. The number of likely N-dealkylation sites (N-methyl/N-ethyl adjacent to an activating group) is 1. The number of phosphoric acid groups is 2. The summed E-state index contributed by atoms with van der Waals surface area (Å²) in [5, 5.41) is 14.4. The third kappa shape index (κ3) is 10.8. The van der Waals surface area contributed by atoms with Crippen molar-refractivity contribution in [1.29, 1.82) is 0 Å². The Kier molecular flexibility index (Phi) is 13.5. The Hall–Kier alpha value is -2.74. The van der Waals surface area contributed by atoms with Crippen molar-refractivity contribution in [2.45, 2.75) is 81.0 Å². The van der Waals surface area contributed by atoms with Crippen molar-refractivity contribution in [3.8, 4) is 0 Å². The Bertz CT molecular complexity index is 1950. The summed E-state index contributed by atoms with van der Waals surface area (Å²) in [6.07, 6.45) is -6.35. The Morgan fingerprint density at radius 3 is 2.50 bits per heavy atom. The van der Waals surface area contributed by atoms with E-state index in [1.54, 1.807) is 17.8 Å². The van der Waals surface area contributed by atoms with E-state index in [0.29, 0.717) is 5.75 Å². The Morgan fingerprint density at radius 1 is 1.11 bits per heavy atom. The minimum Gasteiger partial charge on any atom is -0.455 e. The SMILES string of the molecule is CNC(CSSC(C)(C)C)C(=O)O[C@H]1[C@@H](O)[C@H](n2cnc3c(N)ncnc32)O[C@@H]1COP(=O)(O)O[C@H]1C[C@H](n2ccc(N)nc2=O)O[C@@H]1COP(=O)(O)O. The second-order valence-corrected chi connectivity index (χ2v) is 18.8. The minimum absolute atomic E-state index is 0.0510. The quantitative estimate of drug-likeness (QED) is 0.0570. The molecule has 2 fully saturated rings. The lowest BCUT2D eigenvalue weighted by Crippen LogP contribution is -2.45. The third-order valence-corrected chi connectivity index (χ3v) is 12.7. The number of nitrogens with two attached hydrogens (primary N) is 2. The summed E-state index contributed by atoms with van der Waals surface area (Å²) < 4.78 is 59.8. The number of carbonyl (C=O) groups excluding carboxylic acids is 1. The van der Waals surface area contributed by atoms with Crippen LogP contribution in [0, 0.1) is 0 Å². The summed E-state index contributed by atoms with van der Waals surface area (Å²) >= 11 is 0. The van der Waals surface area contributed by atoms with Crippen molar-refractivity contribution >= 4 is 66.0 Å². The fourth-order valence-electron chi connectivity index (χ4n) is 5.37. The van der Waals surface area contributed by atoms with E-state index in [-0.39, 0.29) is 34.0 Å². The highest BCUT2D eigenvalue weighted by molar-refractivity contribution is 8.77. The average Bonchev–Trinajstić information content (AvgIpc) is 3.76. The molecule has 0 spiro atoms. The van der Waals surface area contributed by atoms with E-state index in [4.69, 9.17) is 34.7 Å². The second kappa shape index (κ2) is 17.2. The van der Waals surface area contributed by atoms with Crippen LogP contribution in [-0.4, -0.2) is 122 Å². The zero-order valence-electron chi connectivity index (χ0n) is 29.2. The summed E-state index contributed by atoms with van der Waals surface area (Å²) in [5.41, 5.74) is 11.0. The first kappa shape index (κ1) is 42.4. The number of esters is 1. The van der Waals surface area contributed by atoms with Crippen LogP contribution in [-0.2, 0) is 41.7 Å². The number of nitrogens with zero attached hydrogens (tertiary/aromatic N) is 6. The molecule has 54 heavy (non-hydrogen) atoms. The lowest BCUT2D eigenvalue weighted by atomic mass is 10.1. The zero-order chi connectivity index (χ0) is 39.6. The maximum atomic E-state index is 13.4. The van der Waals surface area contributed by atoms with Crippen LogP contribution in [0.25, 0.3) is 11.2 Å². The summed E-state index contributed by atoms with van der Waals surface area (Å²) in [7, 11) is -5.60. The van der Waals surface area contributed by atoms with Gasteiger partial charge in [-0.1, -0.05) is 42.4 Å². The van der Waals surface area contributed by atoms with Crippen LogP contribution in [0.1, 0.15) is 39.6 Å². The predicted molar refractivity (Wildman–Crippen MR) is 192 cm³/mol. The van der Waals surface area contributed by atoms with E-state index >= 15 is 0 Å². The smallest absolute Gasteiger partial charge is 0.455 e. The van der Waals surface area contributed by atoms with Crippen LogP contribution >= 0.6 is 37.2 Å². The second-order valence-electron chi connectivity index (χ2n) is 13.0. The van der Waals surface area contributed by atoms with E-state index in [9.17, 15) is 38.5 Å². The van der Waals surface area contributed by atoms with Gasteiger partial charge in [-0.15, -0.1) is 0 Å². The molecule has 0 amide bonds. The molecule has 2 aliphatic heterocycles. The van der Waals surface area contributed by atoms with Gasteiger partial charge in [0.2, 0.25) is 0 Å². The lowest BCUT2D eigenvalue weighted by molar-refractivity contribution is -0.158. The minimum atomic E-state index is -5.12. The number of hydrogen-bond donors (Lipinski definition) is 7. The molecule has 0 saturated carbocycles. The van der Waals surface area contributed by atoms with Crippen molar-refractivity contribution < 1.29 is 61.5 Å². The summed E-state index contributed by atoms with van der Waals surface area (Å²) in [4.78, 5) is 71.0. The summed E-state index contributed by atoms with van der Waals surface area (Å²) in [5.74, 6) is -0.489. The Balaban J connectivity index is 1.34. The van der Waals surface area contributed by atoms with Gasteiger partial charge in [-0.3, -0.25) is 27.5 Å². The number of rotatable bonds is 16. The molecular weight excluding hydrogens is 800 g/mol. The van der Waals surface area contributed by atoms with Gasteiger partial charge in [-0.25, -0.2) is 28.9 Å². The lowest BCUT2D eigenvalue weighted by Gasteiger charge is -2.25. The van der Waals surface area contributed by atoms with Gasteiger partial charge in [0.05, 0.1) is 19.5 Å². The molecule has 0 aromatic carbocycles. The average molecular weight is 842 g/mol. The molecule has 0 aliphatic carbocycles. The highest BCUT2D eigenvalue weighted by atomic mass is 33.1. The predicted octanol–water partition coefficient (Wildman–Crippen LogP) is 0.0846. The fourth-order valence-corrected chi connectivity index (χ4v) is 9.20. The molecule has 3 aromatic heterocycles. The Labute approximate surface area is 315 Å². The first-order chi connectivity index (χ1) is 25.2. The molecule has 2 aliphatic rings. The first-order valence-corrected chi connectivity index (χ1v) is 21.4. The van der Waals surface area contributed by atoms with Crippen molar-refractivity contribution in [2.75, 3.05) is 37.5 Å². The van der Waals surface area contributed by atoms with Gasteiger partial charge >= 0.3 is 27.3 Å². The number of fused-ring (bicyclic) bond motifs is 1. The third-order valence-electron chi connectivity index (χ3n) is 7.82. The number of anilines is 2. The van der Waals surface area contributed by atoms with Crippen molar-refractivity contribution in [3.05, 3.63) is 35.4 Å². The first-order valence-electron chi connectivity index (χ1n) is 16.1. The number of phosphoric ester groups is 2. The van der Waals surface area contributed by atoms with Crippen LogP contribution in [0.4, 0.5) is 11.6 Å². The molecule has 3 aromatic rings. The number of imidazole rings is 1. The molecule has 2 saturated heterocycles. The van der Waals surface area contributed by atoms with Crippen molar-refractivity contribution in [1.82, 2.24) is 34.4 Å². The molecule has 300 valence electrons. The molecule has 0 bridgehead atoms. The van der Waals surface area contributed by atoms with E-state index in [1.807, 2.05) is 20.8 Å². The van der Waals surface area contributed by atoms with Crippen LogP contribution in [0.5, 0.6) is 0 Å². The molecule has 9 N–H and O–H groups in total. The number of aromatic nitrogens is 6. The molecule has 5 heterocycles. The van der Waals surface area contributed by atoms with E-state index in [1.165, 1.54) is 40.3 Å². The van der Waals surface area contributed by atoms with Gasteiger partial charge in [0.15, 0.2) is 23.8 Å². The molecule has 27 heteroatoms. The van der Waals surface area contributed by atoms with E-state index in [2.05, 4.69) is 29.8 Å². The van der Waals surface area contributed by atoms with Gasteiger partial charge in [0.1, 0.15) is 54.3 Å². The molecular formula is C27H41N9O14P2S2. The van der Waals surface area contributed by atoms with Crippen molar-refractivity contribution in [2.24, 2.45) is 0 Å². The summed E-state index contributed by atoms with van der Waals surface area (Å²) in [6, 6.07) is 0.474. The van der Waals surface area contributed by atoms with Crippen molar-refractivity contribution in [3.63, 3.8) is 0 Å². The Morgan fingerprint density at radius 2 is 1.83 bits per heavy atom. The van der Waals surface area contributed by atoms with Gasteiger partial charge in [-0.2, -0.15) is 4.98 Å². The number of ether oxygens (including phenoxy) is 3. The van der Waals surface area contributed by atoms with Gasteiger partial charge in [0.25, 0.3) is 0 Å². The largest absolute Gasteiger partial charge is 0.472 e. The molecule has 2 unspecified atom stereocenters. The standard InChI is InChI=1S/C27H41N9O14P2S2/c1-27(2,3)54-53-10-13(30-4)25(38)49-21-16(48-24(20(21)37)36-12-33-19-22(29)31-11-32-23(19)36)9-46-52(43,44)50-14-7-18(35-6-5-17(28)34-26(35)39)47-15(14)8-45-51(40,41)42/h5-6,11-16,18,20-21,24,30,37H,7-10H2,1-4H3,(H,43,44)(H2,28,34,39)(H2,29,31,32)(H2,40,41,42)/t13?,14-,15+,16+,18+,20+,21+,24+/m0/s1. The number of nitrogens with one attached hydrogen (secondary N) is 1. The zero-order valence-corrected chi connectivity index (χ0v) is 32.6. The summed E-state index contributed by atoms with van der Waals surface area (Å²) in [6.45, 7) is 4.45. The highest BCUT2D eigenvalue weighted by Crippen LogP contribution is 2.50. The molecule has 23 nitrogen and oxygen atoms in total. The van der Waals surface area contributed by atoms with Gasteiger partial charge in [-0.05, 0) is 13.1 Å². The number of nitrogen functional groups attached to an aromatic ring is 2. The fraction of sp³-hybridized carbons (Fsp3) is 0.630. The number of aliphatic hydroxyl groups excluding tert-OH is 1. The van der Waals surface area contributed by atoms with E-state index < -0.39 is 89.5 Å². The topological polar surface area (TPSA) is 330 Å². The van der Waals surface area contributed by atoms with Crippen LogP contribution in [0.2, 0.25) is 0 Å². The number of carbonyl (C=O) groups is 1. The molecule has 9 atom stereocenters. The monoisotopic (exact) mass is 841 g/mol.